The summed E-state index contributed by atoms with van der Waals surface area (Å²) >= 11 is 0. The Hall–Kier alpha value is -1.61. The summed E-state index contributed by atoms with van der Waals surface area (Å²) in [7, 11) is 1.97. The van der Waals surface area contributed by atoms with Crippen LogP contribution in [0.25, 0.3) is 0 Å². The number of benzene rings is 1. The van der Waals surface area contributed by atoms with E-state index in [1.165, 1.54) is 22.4 Å². The molecule has 0 bridgehead atoms. The second kappa shape index (κ2) is 4.94. The van der Waals surface area contributed by atoms with Crippen LogP contribution in [0.4, 0.5) is 0 Å². The van der Waals surface area contributed by atoms with Crippen LogP contribution in [0.3, 0.4) is 0 Å². The first-order valence-corrected chi connectivity index (χ1v) is 6.30. The molecule has 0 radical (unpaired) electrons. The number of aryl methyl sites for hydroxylation is 4. The van der Waals surface area contributed by atoms with Gasteiger partial charge in [-0.2, -0.15) is 5.10 Å². The first-order chi connectivity index (χ1) is 8.49. The monoisotopic (exact) mass is 243 g/mol. The van der Waals surface area contributed by atoms with E-state index in [0.29, 0.717) is 0 Å². The normalized spacial score (nSPS) is 12.7. The molecule has 0 aliphatic carbocycles. The molecule has 0 saturated carbocycles. The third-order valence-electron chi connectivity index (χ3n) is 3.44. The molecule has 1 aromatic carbocycles. The van der Waals surface area contributed by atoms with Gasteiger partial charge in [-0.25, -0.2) is 0 Å². The Labute approximate surface area is 109 Å². The van der Waals surface area contributed by atoms with Gasteiger partial charge in [0.2, 0.25) is 0 Å². The van der Waals surface area contributed by atoms with E-state index in [0.717, 1.165) is 12.1 Å². The maximum Gasteiger partial charge on any atom is 0.0596 e. The molecular weight excluding hydrogens is 222 g/mol. The van der Waals surface area contributed by atoms with E-state index in [-0.39, 0.29) is 6.04 Å². The molecule has 2 rings (SSSR count). The number of nitrogens with zero attached hydrogens (tertiary/aromatic N) is 2. The molecule has 0 amide bonds. The number of hydrogen-bond donors (Lipinski definition) is 1. The van der Waals surface area contributed by atoms with Gasteiger partial charge in [-0.1, -0.05) is 18.2 Å². The lowest BCUT2D eigenvalue weighted by molar-refractivity contribution is 0.635. The maximum atomic E-state index is 6.37. The molecule has 3 nitrogen and oxygen atoms in total. The van der Waals surface area contributed by atoms with Crippen molar-refractivity contribution in [3.63, 3.8) is 0 Å². The molecule has 0 fully saturated rings. The molecule has 96 valence electrons. The predicted octanol–water partition coefficient (Wildman–Crippen LogP) is 2.59. The first kappa shape index (κ1) is 12.8. The number of hydrogen-bond acceptors (Lipinski definition) is 2. The zero-order valence-electron chi connectivity index (χ0n) is 11.6. The summed E-state index contributed by atoms with van der Waals surface area (Å²) in [6.45, 7) is 6.25. The Morgan fingerprint density at radius 1 is 1.22 bits per heavy atom. The Balaban J connectivity index is 2.27. The van der Waals surface area contributed by atoms with Crippen LogP contribution in [0.1, 0.15) is 34.1 Å². The lowest BCUT2D eigenvalue weighted by Crippen LogP contribution is -2.17. The van der Waals surface area contributed by atoms with E-state index in [1.54, 1.807) is 0 Å². The van der Waals surface area contributed by atoms with Gasteiger partial charge in [0.25, 0.3) is 0 Å². The minimum Gasteiger partial charge on any atom is -0.324 e. The van der Waals surface area contributed by atoms with Crippen molar-refractivity contribution >= 4 is 0 Å². The summed E-state index contributed by atoms with van der Waals surface area (Å²) in [5.41, 5.74) is 12.4. The van der Waals surface area contributed by atoms with Gasteiger partial charge in [0.15, 0.2) is 0 Å². The van der Waals surface area contributed by atoms with E-state index in [2.05, 4.69) is 43.2 Å². The summed E-state index contributed by atoms with van der Waals surface area (Å²) in [5, 5.41) is 4.36. The Bertz CT molecular complexity index is 535. The molecule has 1 atom stereocenters. The van der Waals surface area contributed by atoms with E-state index in [9.17, 15) is 0 Å². The van der Waals surface area contributed by atoms with Gasteiger partial charge in [0.1, 0.15) is 0 Å². The van der Waals surface area contributed by atoms with Crippen molar-refractivity contribution in [1.29, 1.82) is 0 Å². The SMILES string of the molecule is Cc1cc(CC(N)c2c(C)cccc2C)n(C)n1. The van der Waals surface area contributed by atoms with Crippen LogP contribution in [0, 0.1) is 20.8 Å². The van der Waals surface area contributed by atoms with Crippen LogP contribution in [-0.2, 0) is 13.5 Å². The summed E-state index contributed by atoms with van der Waals surface area (Å²) < 4.78 is 1.92. The van der Waals surface area contributed by atoms with Crippen LogP contribution in [0.2, 0.25) is 0 Å². The Kier molecular flexibility index (Phi) is 3.53. The molecule has 0 aliphatic heterocycles. The van der Waals surface area contributed by atoms with Crippen LogP contribution in [-0.4, -0.2) is 9.78 Å². The molecule has 0 spiro atoms. The van der Waals surface area contributed by atoms with Crippen LogP contribution >= 0.6 is 0 Å². The van der Waals surface area contributed by atoms with Gasteiger partial charge >= 0.3 is 0 Å². The van der Waals surface area contributed by atoms with Crippen molar-refractivity contribution in [2.75, 3.05) is 0 Å². The third-order valence-corrected chi connectivity index (χ3v) is 3.44. The summed E-state index contributed by atoms with van der Waals surface area (Å²) in [6, 6.07) is 8.46. The largest absolute Gasteiger partial charge is 0.324 e. The van der Waals surface area contributed by atoms with Gasteiger partial charge in [-0.3, -0.25) is 4.68 Å². The van der Waals surface area contributed by atoms with Crippen LogP contribution in [0.5, 0.6) is 0 Å². The molecular formula is C15H21N3. The molecule has 1 heterocycles. The highest BCUT2D eigenvalue weighted by atomic mass is 15.3. The molecule has 3 heteroatoms. The minimum absolute atomic E-state index is 0.0287. The van der Waals surface area contributed by atoms with Crippen molar-refractivity contribution in [2.24, 2.45) is 12.8 Å². The topological polar surface area (TPSA) is 43.8 Å². The van der Waals surface area contributed by atoms with Crippen molar-refractivity contribution in [1.82, 2.24) is 9.78 Å². The van der Waals surface area contributed by atoms with E-state index in [4.69, 9.17) is 5.73 Å². The maximum absolute atomic E-state index is 6.37. The van der Waals surface area contributed by atoms with Crippen molar-refractivity contribution < 1.29 is 0 Å². The summed E-state index contributed by atoms with van der Waals surface area (Å²) in [4.78, 5) is 0. The Morgan fingerprint density at radius 3 is 2.33 bits per heavy atom. The van der Waals surface area contributed by atoms with Gasteiger partial charge in [-0.15, -0.1) is 0 Å². The van der Waals surface area contributed by atoms with Gasteiger partial charge in [-0.05, 0) is 43.5 Å². The average Bonchev–Trinajstić information content (AvgIpc) is 2.57. The van der Waals surface area contributed by atoms with Gasteiger partial charge in [0, 0.05) is 25.2 Å². The second-order valence-corrected chi connectivity index (χ2v) is 5.02. The van der Waals surface area contributed by atoms with Crippen molar-refractivity contribution in [2.45, 2.75) is 33.2 Å². The van der Waals surface area contributed by atoms with Gasteiger partial charge in [0.05, 0.1) is 5.69 Å². The lowest BCUT2D eigenvalue weighted by Gasteiger charge is -2.17. The fourth-order valence-electron chi connectivity index (χ4n) is 2.59. The first-order valence-electron chi connectivity index (χ1n) is 6.30. The smallest absolute Gasteiger partial charge is 0.0596 e. The predicted molar refractivity (Wildman–Crippen MR) is 74.5 cm³/mol. The standard InChI is InChI=1S/C15H21N3/c1-10-6-5-7-11(2)15(10)14(16)9-13-8-12(3)17-18(13)4/h5-8,14H,9,16H2,1-4H3. The zero-order chi connectivity index (χ0) is 13.3. The number of nitrogens with two attached hydrogens (primary N) is 1. The summed E-state index contributed by atoms with van der Waals surface area (Å²) in [6.07, 6.45) is 0.822. The fourth-order valence-corrected chi connectivity index (χ4v) is 2.59. The molecule has 18 heavy (non-hydrogen) atoms. The molecule has 1 aromatic heterocycles. The van der Waals surface area contributed by atoms with Crippen molar-refractivity contribution in [3.8, 4) is 0 Å². The van der Waals surface area contributed by atoms with Crippen molar-refractivity contribution in [3.05, 3.63) is 52.3 Å². The van der Waals surface area contributed by atoms with Crippen LogP contribution in [0.15, 0.2) is 24.3 Å². The zero-order valence-corrected chi connectivity index (χ0v) is 11.6. The fraction of sp³-hybridized carbons (Fsp3) is 0.400. The highest BCUT2D eigenvalue weighted by Crippen LogP contribution is 2.23. The summed E-state index contributed by atoms with van der Waals surface area (Å²) in [5.74, 6) is 0. The quantitative estimate of drug-likeness (QED) is 0.900. The highest BCUT2D eigenvalue weighted by Gasteiger charge is 2.14. The van der Waals surface area contributed by atoms with E-state index < -0.39 is 0 Å². The van der Waals surface area contributed by atoms with Gasteiger partial charge < -0.3 is 5.73 Å². The van der Waals surface area contributed by atoms with Crippen LogP contribution < -0.4 is 5.73 Å². The molecule has 2 N–H and O–H groups in total. The minimum atomic E-state index is 0.0287. The number of aromatic nitrogens is 2. The lowest BCUT2D eigenvalue weighted by atomic mass is 9.94. The number of rotatable bonds is 3. The second-order valence-electron chi connectivity index (χ2n) is 5.02. The highest BCUT2D eigenvalue weighted by molar-refractivity contribution is 5.36. The van der Waals surface area contributed by atoms with E-state index >= 15 is 0 Å². The van der Waals surface area contributed by atoms with E-state index in [1.807, 2.05) is 18.7 Å². The molecule has 0 saturated heterocycles. The molecule has 0 aliphatic rings. The molecule has 1 unspecified atom stereocenters. The Morgan fingerprint density at radius 2 is 1.83 bits per heavy atom. The molecule has 2 aromatic rings. The average molecular weight is 243 g/mol. The third kappa shape index (κ3) is 2.46.